The molecule has 0 bridgehead atoms. The van der Waals surface area contributed by atoms with Crippen molar-refractivity contribution in [1.82, 2.24) is 20.4 Å². The van der Waals surface area contributed by atoms with Gasteiger partial charge < -0.3 is 19.7 Å². The quantitative estimate of drug-likeness (QED) is 0.587. The summed E-state index contributed by atoms with van der Waals surface area (Å²) in [5, 5.41) is 11.9. The fraction of sp³-hybridized carbons (Fsp3) is 0.438. The molecule has 0 atom stereocenters. The summed E-state index contributed by atoms with van der Waals surface area (Å²) in [4.78, 5) is 13.8. The highest BCUT2D eigenvalue weighted by atomic mass is 32.2. The maximum absolute atomic E-state index is 12.1. The van der Waals surface area contributed by atoms with Gasteiger partial charge in [0.25, 0.3) is 0 Å². The molecule has 25 heavy (non-hydrogen) atoms. The summed E-state index contributed by atoms with van der Waals surface area (Å²) in [6.07, 6.45) is 0.000735. The molecule has 7 nitrogen and oxygen atoms in total. The zero-order valence-corrected chi connectivity index (χ0v) is 15.7. The number of aryl methyl sites for hydroxylation is 1. The molecule has 3 rings (SSSR count). The monoisotopic (exact) mass is 380 g/mol. The standard InChI is InChI=1S/C16H20N4O3S2/c1-11-18-19-16(25-11)24-8-7-17-15(21)20-9-12(10-20)23-14-6-4-3-5-13(14)22-2/h3-6,12H,7-10H2,1-2H3,(H,17,21). The van der Waals surface area contributed by atoms with E-state index < -0.39 is 0 Å². The number of nitrogens with one attached hydrogen (secondary N) is 1. The van der Waals surface area contributed by atoms with Crippen molar-refractivity contribution in [3.8, 4) is 11.5 Å². The molecule has 0 saturated carbocycles. The molecule has 1 aliphatic heterocycles. The first-order chi connectivity index (χ1) is 12.2. The molecule has 1 saturated heterocycles. The molecule has 1 aromatic heterocycles. The lowest BCUT2D eigenvalue weighted by atomic mass is 10.2. The van der Waals surface area contributed by atoms with Crippen molar-refractivity contribution in [3.05, 3.63) is 29.3 Å². The van der Waals surface area contributed by atoms with Crippen LogP contribution in [0.1, 0.15) is 5.01 Å². The van der Waals surface area contributed by atoms with E-state index in [1.54, 1.807) is 35.1 Å². The minimum absolute atomic E-state index is 0.000735. The van der Waals surface area contributed by atoms with Crippen molar-refractivity contribution < 1.29 is 14.3 Å². The van der Waals surface area contributed by atoms with Crippen molar-refractivity contribution in [2.45, 2.75) is 17.4 Å². The van der Waals surface area contributed by atoms with E-state index in [0.717, 1.165) is 15.1 Å². The number of likely N-dealkylation sites (tertiary alicyclic amines) is 1. The van der Waals surface area contributed by atoms with Crippen LogP contribution in [0.2, 0.25) is 0 Å². The van der Waals surface area contributed by atoms with E-state index in [1.165, 1.54) is 0 Å². The number of aromatic nitrogens is 2. The fourth-order valence-electron chi connectivity index (χ4n) is 2.32. The second-order valence-electron chi connectivity index (χ2n) is 5.46. The highest BCUT2D eigenvalue weighted by molar-refractivity contribution is 8.01. The topological polar surface area (TPSA) is 76.6 Å². The Hall–Kier alpha value is -2.00. The van der Waals surface area contributed by atoms with E-state index in [-0.39, 0.29) is 12.1 Å². The highest BCUT2D eigenvalue weighted by Gasteiger charge is 2.32. The Morgan fingerprint density at radius 2 is 2.12 bits per heavy atom. The van der Waals surface area contributed by atoms with Crippen molar-refractivity contribution in [1.29, 1.82) is 0 Å². The number of hydrogen-bond donors (Lipinski definition) is 1. The third kappa shape index (κ3) is 4.76. The Morgan fingerprint density at radius 3 is 2.80 bits per heavy atom. The largest absolute Gasteiger partial charge is 0.493 e. The Bertz CT molecular complexity index is 719. The second kappa shape index (κ2) is 8.39. The fourth-order valence-corrected chi connectivity index (χ4v) is 4.06. The predicted octanol–water partition coefficient (Wildman–Crippen LogP) is 2.42. The molecule has 2 heterocycles. The normalized spacial score (nSPS) is 14.1. The van der Waals surface area contributed by atoms with Crippen LogP contribution in [-0.4, -0.2) is 59.7 Å². The molecule has 1 aromatic carbocycles. The summed E-state index contributed by atoms with van der Waals surface area (Å²) in [6, 6.07) is 7.46. The molecule has 1 fully saturated rings. The van der Waals surface area contributed by atoms with E-state index >= 15 is 0 Å². The van der Waals surface area contributed by atoms with Crippen LogP contribution in [0.3, 0.4) is 0 Å². The number of urea groups is 1. The number of rotatable bonds is 7. The summed E-state index contributed by atoms with van der Waals surface area (Å²) in [5.74, 6) is 2.18. The number of thioether (sulfide) groups is 1. The van der Waals surface area contributed by atoms with Gasteiger partial charge in [0.15, 0.2) is 15.8 Å². The zero-order valence-electron chi connectivity index (χ0n) is 14.1. The number of para-hydroxylation sites is 2. The van der Waals surface area contributed by atoms with E-state index in [2.05, 4.69) is 15.5 Å². The molecular weight excluding hydrogens is 360 g/mol. The SMILES string of the molecule is COc1ccccc1OC1CN(C(=O)NCCSc2nnc(C)s2)C1. The van der Waals surface area contributed by atoms with E-state index in [4.69, 9.17) is 9.47 Å². The number of methoxy groups -OCH3 is 1. The summed E-state index contributed by atoms with van der Waals surface area (Å²) in [5.41, 5.74) is 0. The molecule has 0 spiro atoms. The number of nitrogens with zero attached hydrogens (tertiary/aromatic N) is 3. The lowest BCUT2D eigenvalue weighted by Gasteiger charge is -2.38. The van der Waals surface area contributed by atoms with Gasteiger partial charge in [-0.1, -0.05) is 35.2 Å². The lowest BCUT2D eigenvalue weighted by molar-refractivity contribution is 0.0429. The first-order valence-corrected chi connectivity index (χ1v) is 9.71. The van der Waals surface area contributed by atoms with Crippen LogP contribution in [0.25, 0.3) is 0 Å². The average Bonchev–Trinajstić information content (AvgIpc) is 3.00. The van der Waals surface area contributed by atoms with Crippen LogP contribution >= 0.6 is 23.1 Å². The lowest BCUT2D eigenvalue weighted by Crippen LogP contribution is -2.59. The minimum atomic E-state index is -0.0612. The van der Waals surface area contributed by atoms with Crippen molar-refractivity contribution in [3.63, 3.8) is 0 Å². The summed E-state index contributed by atoms with van der Waals surface area (Å²) in [6.45, 7) is 3.67. The van der Waals surface area contributed by atoms with Gasteiger partial charge in [-0.25, -0.2) is 4.79 Å². The molecule has 1 aliphatic rings. The first-order valence-electron chi connectivity index (χ1n) is 7.91. The molecule has 2 amide bonds. The third-order valence-corrected chi connectivity index (χ3v) is 5.58. The molecule has 134 valence electrons. The first kappa shape index (κ1) is 17.8. The van der Waals surface area contributed by atoms with Crippen LogP contribution in [0.5, 0.6) is 11.5 Å². The van der Waals surface area contributed by atoms with Gasteiger partial charge in [-0.3, -0.25) is 0 Å². The number of benzene rings is 1. The highest BCUT2D eigenvalue weighted by Crippen LogP contribution is 2.28. The number of carbonyl (C=O) groups excluding carboxylic acids is 1. The molecule has 0 radical (unpaired) electrons. The van der Waals surface area contributed by atoms with Gasteiger partial charge in [0.1, 0.15) is 11.1 Å². The van der Waals surface area contributed by atoms with Crippen molar-refractivity contribution in [2.24, 2.45) is 0 Å². The smallest absolute Gasteiger partial charge is 0.317 e. The third-order valence-electron chi connectivity index (χ3n) is 3.61. The summed E-state index contributed by atoms with van der Waals surface area (Å²) >= 11 is 3.16. The molecule has 9 heteroatoms. The van der Waals surface area contributed by atoms with Crippen molar-refractivity contribution in [2.75, 3.05) is 32.5 Å². The van der Waals surface area contributed by atoms with Crippen LogP contribution < -0.4 is 14.8 Å². The summed E-state index contributed by atoms with van der Waals surface area (Å²) < 4.78 is 12.1. The Balaban J connectivity index is 1.34. The molecule has 1 N–H and O–H groups in total. The van der Waals surface area contributed by atoms with Crippen molar-refractivity contribution >= 4 is 29.1 Å². The Kier molecular flexibility index (Phi) is 5.98. The van der Waals surface area contributed by atoms with Gasteiger partial charge in [0, 0.05) is 12.3 Å². The number of amides is 2. The molecule has 0 unspecified atom stereocenters. The van der Waals surface area contributed by atoms with Crippen LogP contribution in [-0.2, 0) is 0 Å². The summed E-state index contributed by atoms with van der Waals surface area (Å²) in [7, 11) is 1.61. The number of hydrogen-bond acceptors (Lipinski definition) is 7. The second-order valence-corrected chi connectivity index (χ2v) is 7.99. The van der Waals surface area contributed by atoms with Gasteiger partial charge in [-0.15, -0.1) is 10.2 Å². The van der Waals surface area contributed by atoms with Crippen LogP contribution in [0.15, 0.2) is 28.6 Å². The van der Waals surface area contributed by atoms with Gasteiger partial charge in [-0.05, 0) is 19.1 Å². The van der Waals surface area contributed by atoms with Crippen LogP contribution in [0.4, 0.5) is 4.79 Å². The Labute approximate surface area is 154 Å². The maximum atomic E-state index is 12.1. The van der Waals surface area contributed by atoms with E-state index in [0.29, 0.717) is 31.1 Å². The van der Waals surface area contributed by atoms with Gasteiger partial charge in [-0.2, -0.15) is 0 Å². The molecular formula is C16H20N4O3S2. The zero-order chi connectivity index (χ0) is 17.6. The van der Waals surface area contributed by atoms with E-state index in [1.807, 2.05) is 31.2 Å². The number of carbonyl (C=O) groups is 1. The molecule has 2 aromatic rings. The maximum Gasteiger partial charge on any atom is 0.317 e. The average molecular weight is 380 g/mol. The number of ether oxygens (including phenoxy) is 2. The van der Waals surface area contributed by atoms with Gasteiger partial charge >= 0.3 is 6.03 Å². The van der Waals surface area contributed by atoms with Gasteiger partial charge in [0.2, 0.25) is 0 Å². The van der Waals surface area contributed by atoms with Crippen LogP contribution in [0, 0.1) is 6.92 Å². The predicted molar refractivity (Wildman–Crippen MR) is 97.8 cm³/mol. The minimum Gasteiger partial charge on any atom is -0.493 e. The van der Waals surface area contributed by atoms with E-state index in [9.17, 15) is 4.79 Å². The Morgan fingerprint density at radius 1 is 1.36 bits per heavy atom. The van der Waals surface area contributed by atoms with Gasteiger partial charge in [0.05, 0.1) is 20.2 Å². The molecule has 0 aliphatic carbocycles.